The highest BCUT2D eigenvalue weighted by atomic mass is 16.4. The van der Waals surface area contributed by atoms with E-state index in [1.165, 1.54) is 0 Å². The van der Waals surface area contributed by atoms with Gasteiger partial charge in [-0.3, -0.25) is 14.5 Å². The van der Waals surface area contributed by atoms with E-state index in [9.17, 15) is 19.5 Å². The van der Waals surface area contributed by atoms with Crippen molar-refractivity contribution in [2.24, 2.45) is 5.41 Å². The highest BCUT2D eigenvalue weighted by molar-refractivity contribution is 6.09. The third-order valence-corrected chi connectivity index (χ3v) is 5.26. The van der Waals surface area contributed by atoms with E-state index in [0.29, 0.717) is 25.7 Å². The summed E-state index contributed by atoms with van der Waals surface area (Å²) < 4.78 is 0. The highest BCUT2D eigenvalue weighted by Gasteiger charge is 2.59. The molecule has 0 spiro atoms. The molecule has 0 aromatic rings. The molecule has 0 bridgehead atoms. The van der Waals surface area contributed by atoms with Crippen LogP contribution in [-0.4, -0.2) is 33.3 Å². The number of hydrogen-bond acceptors (Lipinski definition) is 3. The van der Waals surface area contributed by atoms with Crippen LogP contribution in [0, 0.1) is 5.41 Å². The number of likely N-dealkylation sites (tertiary alicyclic amines) is 1. The molecular weight excluding hydrogens is 258 g/mol. The number of carboxylic acid groups (broad SMARTS) is 1. The molecule has 0 aromatic carbocycles. The number of aliphatic carboxylic acids is 1. The number of carboxylic acids is 1. The Hall–Kier alpha value is -1.39. The molecule has 2 amide bonds. The Bertz CT molecular complexity index is 433. The summed E-state index contributed by atoms with van der Waals surface area (Å²) in [4.78, 5) is 38.0. The number of nitrogens with zero attached hydrogens (tertiary/aromatic N) is 1. The zero-order valence-corrected chi connectivity index (χ0v) is 12.3. The molecule has 2 aliphatic rings. The molecule has 0 radical (unpaired) electrons. The van der Waals surface area contributed by atoms with Crippen molar-refractivity contribution in [1.29, 1.82) is 0 Å². The third-order valence-electron chi connectivity index (χ3n) is 5.26. The van der Waals surface area contributed by atoms with Gasteiger partial charge in [-0.15, -0.1) is 0 Å². The van der Waals surface area contributed by atoms with Crippen LogP contribution in [0.2, 0.25) is 0 Å². The van der Waals surface area contributed by atoms with E-state index >= 15 is 0 Å². The van der Waals surface area contributed by atoms with Gasteiger partial charge in [-0.25, -0.2) is 4.79 Å². The maximum absolute atomic E-state index is 12.8. The van der Waals surface area contributed by atoms with Crippen molar-refractivity contribution in [2.45, 2.75) is 70.8 Å². The fourth-order valence-corrected chi connectivity index (χ4v) is 3.70. The summed E-state index contributed by atoms with van der Waals surface area (Å²) in [6.07, 6.45) is 4.60. The zero-order chi connectivity index (χ0) is 15.0. The molecule has 20 heavy (non-hydrogen) atoms. The maximum Gasteiger partial charge on any atom is 0.330 e. The fraction of sp³-hybridized carbons (Fsp3) is 0.800. The average molecular weight is 281 g/mol. The van der Waals surface area contributed by atoms with Crippen molar-refractivity contribution in [3.05, 3.63) is 0 Å². The van der Waals surface area contributed by atoms with Gasteiger partial charge in [-0.1, -0.05) is 33.1 Å². The van der Waals surface area contributed by atoms with Gasteiger partial charge < -0.3 is 5.11 Å². The van der Waals surface area contributed by atoms with Crippen molar-refractivity contribution >= 4 is 17.8 Å². The third kappa shape index (κ3) is 1.95. The summed E-state index contributed by atoms with van der Waals surface area (Å²) in [7, 11) is 0. The molecule has 1 aliphatic heterocycles. The molecule has 1 saturated heterocycles. The van der Waals surface area contributed by atoms with Crippen LogP contribution < -0.4 is 0 Å². The van der Waals surface area contributed by atoms with Gasteiger partial charge in [-0.05, 0) is 25.7 Å². The molecule has 112 valence electrons. The van der Waals surface area contributed by atoms with Gasteiger partial charge in [-0.2, -0.15) is 0 Å². The van der Waals surface area contributed by atoms with Crippen molar-refractivity contribution < 1.29 is 19.5 Å². The van der Waals surface area contributed by atoms with Gasteiger partial charge in [0.15, 0.2) is 0 Å². The predicted octanol–water partition coefficient (Wildman–Crippen LogP) is 2.34. The molecule has 2 fully saturated rings. The Kier molecular flexibility index (Phi) is 3.89. The standard InChI is InChI=1S/C15H23NO4/c1-3-14(4-2)10-11(17)16(12(14)18)15(13(19)20)8-6-5-7-9-15/h3-10H2,1-2H3,(H,19,20). The number of rotatable bonds is 4. The van der Waals surface area contributed by atoms with Gasteiger partial charge in [0, 0.05) is 6.42 Å². The van der Waals surface area contributed by atoms with E-state index in [1.807, 2.05) is 13.8 Å². The van der Waals surface area contributed by atoms with E-state index < -0.39 is 16.9 Å². The topological polar surface area (TPSA) is 74.7 Å². The molecule has 5 heteroatoms. The van der Waals surface area contributed by atoms with Crippen LogP contribution in [0.25, 0.3) is 0 Å². The van der Waals surface area contributed by atoms with Crippen LogP contribution in [0.5, 0.6) is 0 Å². The molecule has 0 atom stereocenters. The lowest BCUT2D eigenvalue weighted by atomic mass is 9.78. The fourth-order valence-electron chi connectivity index (χ4n) is 3.70. The van der Waals surface area contributed by atoms with Crippen molar-refractivity contribution in [1.82, 2.24) is 4.90 Å². The Balaban J connectivity index is 2.42. The van der Waals surface area contributed by atoms with Crippen LogP contribution in [-0.2, 0) is 14.4 Å². The van der Waals surface area contributed by atoms with Gasteiger partial charge >= 0.3 is 5.97 Å². The number of amides is 2. The predicted molar refractivity (Wildman–Crippen MR) is 72.9 cm³/mol. The van der Waals surface area contributed by atoms with Crippen LogP contribution >= 0.6 is 0 Å². The van der Waals surface area contributed by atoms with Gasteiger partial charge in [0.2, 0.25) is 11.8 Å². The highest BCUT2D eigenvalue weighted by Crippen LogP contribution is 2.45. The first kappa shape index (κ1) is 15.0. The second kappa shape index (κ2) is 5.19. The summed E-state index contributed by atoms with van der Waals surface area (Å²) >= 11 is 0. The summed E-state index contributed by atoms with van der Waals surface area (Å²) in [5, 5.41) is 9.65. The Morgan fingerprint density at radius 1 is 1.15 bits per heavy atom. The lowest BCUT2D eigenvalue weighted by Crippen LogP contribution is -2.58. The minimum absolute atomic E-state index is 0.161. The van der Waals surface area contributed by atoms with E-state index in [2.05, 4.69) is 0 Å². The first-order valence-electron chi connectivity index (χ1n) is 7.54. The monoisotopic (exact) mass is 281 g/mol. The Labute approximate surface area is 119 Å². The largest absolute Gasteiger partial charge is 0.479 e. The molecule has 1 aliphatic carbocycles. The van der Waals surface area contributed by atoms with E-state index in [-0.39, 0.29) is 18.2 Å². The van der Waals surface area contributed by atoms with E-state index in [4.69, 9.17) is 0 Å². The van der Waals surface area contributed by atoms with Crippen molar-refractivity contribution in [3.63, 3.8) is 0 Å². The van der Waals surface area contributed by atoms with E-state index in [1.54, 1.807) is 0 Å². The van der Waals surface area contributed by atoms with Crippen LogP contribution in [0.4, 0.5) is 0 Å². The van der Waals surface area contributed by atoms with Crippen LogP contribution in [0.1, 0.15) is 65.2 Å². The lowest BCUT2D eigenvalue weighted by Gasteiger charge is -2.40. The summed E-state index contributed by atoms with van der Waals surface area (Å²) in [6.45, 7) is 3.79. The summed E-state index contributed by atoms with van der Waals surface area (Å²) in [6, 6.07) is 0. The average Bonchev–Trinajstić information content (AvgIpc) is 2.71. The SMILES string of the molecule is CCC1(CC)CC(=O)N(C2(C(=O)O)CCCCC2)C1=O. The van der Waals surface area contributed by atoms with Crippen LogP contribution in [0.15, 0.2) is 0 Å². The first-order chi connectivity index (χ1) is 9.43. The Morgan fingerprint density at radius 3 is 2.10 bits per heavy atom. The Morgan fingerprint density at radius 2 is 1.70 bits per heavy atom. The summed E-state index contributed by atoms with van der Waals surface area (Å²) in [5.74, 6) is -1.60. The quantitative estimate of drug-likeness (QED) is 0.803. The second-order valence-electron chi connectivity index (χ2n) is 6.10. The van der Waals surface area contributed by atoms with Crippen molar-refractivity contribution in [2.75, 3.05) is 0 Å². The van der Waals surface area contributed by atoms with Gasteiger partial charge in [0.1, 0.15) is 5.54 Å². The molecule has 5 nitrogen and oxygen atoms in total. The van der Waals surface area contributed by atoms with Gasteiger partial charge in [0.25, 0.3) is 0 Å². The minimum atomic E-state index is -1.29. The second-order valence-corrected chi connectivity index (χ2v) is 6.10. The number of hydrogen-bond donors (Lipinski definition) is 1. The minimum Gasteiger partial charge on any atom is -0.479 e. The molecule has 1 N–H and O–H groups in total. The molecule has 0 unspecified atom stereocenters. The first-order valence-corrected chi connectivity index (χ1v) is 7.54. The molecule has 0 aromatic heterocycles. The normalized spacial score (nSPS) is 25.0. The lowest BCUT2D eigenvalue weighted by molar-refractivity contribution is -0.167. The van der Waals surface area contributed by atoms with Gasteiger partial charge in [0.05, 0.1) is 5.41 Å². The van der Waals surface area contributed by atoms with Crippen molar-refractivity contribution in [3.8, 4) is 0 Å². The summed E-state index contributed by atoms with van der Waals surface area (Å²) in [5.41, 5.74) is -1.98. The number of carbonyl (C=O) groups excluding carboxylic acids is 2. The van der Waals surface area contributed by atoms with E-state index in [0.717, 1.165) is 24.2 Å². The zero-order valence-electron chi connectivity index (χ0n) is 12.3. The smallest absolute Gasteiger partial charge is 0.330 e. The molecule has 2 rings (SSSR count). The molecule has 1 saturated carbocycles. The molecule has 1 heterocycles. The maximum atomic E-state index is 12.8. The van der Waals surface area contributed by atoms with Crippen LogP contribution in [0.3, 0.4) is 0 Å². The number of carbonyl (C=O) groups is 3. The number of imide groups is 1. The molecular formula is C15H23NO4.